The average molecular weight is 240 g/mol. The Kier molecular flexibility index (Phi) is 3.83. The number of nitrogens with zero attached hydrogens (tertiary/aromatic N) is 1. The lowest BCUT2D eigenvalue weighted by molar-refractivity contribution is 0.354. The molecule has 0 spiro atoms. The molecule has 0 aromatic rings. The van der Waals surface area contributed by atoms with E-state index in [-0.39, 0.29) is 11.9 Å². The van der Waals surface area contributed by atoms with Crippen LogP contribution in [0.4, 0.5) is 0 Å². The maximum absolute atomic E-state index is 11.9. The molecule has 2 atom stereocenters. The van der Waals surface area contributed by atoms with Gasteiger partial charge in [-0.1, -0.05) is 0 Å². The first-order valence-corrected chi connectivity index (χ1v) is 6.97. The van der Waals surface area contributed by atoms with Crippen molar-refractivity contribution in [2.45, 2.75) is 38.0 Å². The van der Waals surface area contributed by atoms with Crippen molar-refractivity contribution < 1.29 is 8.42 Å². The molecule has 1 fully saturated rings. The van der Waals surface area contributed by atoms with Gasteiger partial charge in [0.05, 0.1) is 5.25 Å². The van der Waals surface area contributed by atoms with Crippen molar-refractivity contribution in [2.75, 3.05) is 12.9 Å². The zero-order valence-corrected chi connectivity index (χ0v) is 10.5. The van der Waals surface area contributed by atoms with E-state index in [2.05, 4.69) is 0 Å². The highest BCUT2D eigenvalue weighted by Crippen LogP contribution is 2.35. The van der Waals surface area contributed by atoms with E-state index in [0.717, 1.165) is 12.8 Å². The molecule has 1 saturated carbocycles. The Morgan fingerprint density at radius 2 is 1.93 bits per heavy atom. The summed E-state index contributed by atoms with van der Waals surface area (Å²) in [4.78, 5) is 0. The smallest absolute Gasteiger partial charge is 0.212 e. The molecular weight excluding hydrogens is 222 g/mol. The van der Waals surface area contributed by atoms with Crippen LogP contribution in [0.2, 0.25) is 0 Å². The molecule has 1 aliphatic carbocycles. The standard InChI is InChI=1S/C9H18ClNO2S/c1-7(6-10)14(12,13)11(3)8(2)9-4-5-9/h7-9H,4-6H2,1-3H3. The molecule has 0 amide bonds. The van der Waals surface area contributed by atoms with Crippen molar-refractivity contribution in [2.24, 2.45) is 5.92 Å². The van der Waals surface area contributed by atoms with Gasteiger partial charge in [-0.3, -0.25) is 0 Å². The molecule has 0 N–H and O–H groups in total. The molecule has 0 aromatic carbocycles. The van der Waals surface area contributed by atoms with Gasteiger partial charge in [-0.25, -0.2) is 12.7 Å². The first kappa shape index (κ1) is 12.3. The minimum absolute atomic E-state index is 0.116. The summed E-state index contributed by atoms with van der Waals surface area (Å²) in [5.74, 6) is 0.710. The van der Waals surface area contributed by atoms with Gasteiger partial charge in [0.25, 0.3) is 0 Å². The first-order valence-electron chi connectivity index (χ1n) is 4.94. The lowest BCUT2D eigenvalue weighted by Gasteiger charge is -2.26. The molecular formula is C9H18ClNO2S. The second-order valence-corrected chi connectivity index (χ2v) is 6.82. The normalized spacial score (nSPS) is 22.4. The summed E-state index contributed by atoms with van der Waals surface area (Å²) in [6, 6.07) is 0.116. The first-order chi connectivity index (χ1) is 6.41. The van der Waals surface area contributed by atoms with E-state index in [1.807, 2.05) is 6.92 Å². The van der Waals surface area contributed by atoms with Crippen molar-refractivity contribution in [1.82, 2.24) is 4.31 Å². The van der Waals surface area contributed by atoms with Crippen molar-refractivity contribution >= 4 is 21.6 Å². The van der Waals surface area contributed by atoms with E-state index in [0.29, 0.717) is 5.92 Å². The van der Waals surface area contributed by atoms with Gasteiger partial charge in [0.2, 0.25) is 10.0 Å². The molecule has 1 rings (SSSR count). The maximum atomic E-state index is 11.9. The lowest BCUT2D eigenvalue weighted by Crippen LogP contribution is -2.41. The number of alkyl halides is 1. The Labute approximate surface area is 91.5 Å². The van der Waals surface area contributed by atoms with Crippen LogP contribution in [0, 0.1) is 5.92 Å². The third-order valence-corrected chi connectivity index (χ3v) is 5.97. The quantitative estimate of drug-likeness (QED) is 0.685. The van der Waals surface area contributed by atoms with Gasteiger partial charge < -0.3 is 0 Å². The number of halogens is 1. The van der Waals surface area contributed by atoms with Crippen molar-refractivity contribution in [3.8, 4) is 0 Å². The van der Waals surface area contributed by atoms with Gasteiger partial charge in [-0.15, -0.1) is 11.6 Å². The van der Waals surface area contributed by atoms with Crippen LogP contribution in [0.5, 0.6) is 0 Å². The number of sulfonamides is 1. The Bertz CT molecular complexity index is 287. The van der Waals surface area contributed by atoms with Gasteiger partial charge >= 0.3 is 0 Å². The molecule has 0 saturated heterocycles. The largest absolute Gasteiger partial charge is 0.217 e. The van der Waals surface area contributed by atoms with Crippen LogP contribution in [0.3, 0.4) is 0 Å². The van der Waals surface area contributed by atoms with Crippen molar-refractivity contribution in [1.29, 1.82) is 0 Å². The fourth-order valence-electron chi connectivity index (χ4n) is 1.47. The zero-order valence-electron chi connectivity index (χ0n) is 8.90. The third-order valence-electron chi connectivity index (χ3n) is 3.00. The molecule has 84 valence electrons. The number of hydrogen-bond donors (Lipinski definition) is 0. The molecule has 0 aliphatic heterocycles. The summed E-state index contributed by atoms with van der Waals surface area (Å²) in [6.45, 7) is 3.62. The van der Waals surface area contributed by atoms with E-state index in [9.17, 15) is 8.42 Å². The Balaban J connectivity index is 2.70. The highest BCUT2D eigenvalue weighted by molar-refractivity contribution is 7.89. The Hall–Kier alpha value is 0.200. The average Bonchev–Trinajstić information content (AvgIpc) is 2.97. The minimum Gasteiger partial charge on any atom is -0.212 e. The summed E-state index contributed by atoms with van der Waals surface area (Å²) in [7, 11) is -1.54. The molecule has 2 unspecified atom stereocenters. The van der Waals surface area contributed by atoms with E-state index < -0.39 is 15.3 Å². The fourth-order valence-corrected chi connectivity index (χ4v) is 3.31. The zero-order chi connectivity index (χ0) is 10.9. The SMILES string of the molecule is CC(C1CC1)N(C)S(=O)(=O)C(C)CCl. The Morgan fingerprint density at radius 3 is 2.29 bits per heavy atom. The second-order valence-electron chi connectivity index (χ2n) is 4.10. The molecule has 5 heteroatoms. The fraction of sp³-hybridized carbons (Fsp3) is 1.00. The predicted molar refractivity (Wildman–Crippen MR) is 59.1 cm³/mol. The van der Waals surface area contributed by atoms with Gasteiger partial charge in [0, 0.05) is 19.0 Å². The van der Waals surface area contributed by atoms with Gasteiger partial charge in [-0.2, -0.15) is 0 Å². The molecule has 0 bridgehead atoms. The molecule has 0 heterocycles. The maximum Gasteiger partial charge on any atom is 0.217 e. The van der Waals surface area contributed by atoms with E-state index in [4.69, 9.17) is 11.6 Å². The molecule has 1 aliphatic rings. The van der Waals surface area contributed by atoms with Crippen LogP contribution in [0.15, 0.2) is 0 Å². The second kappa shape index (κ2) is 4.37. The number of hydrogen-bond acceptors (Lipinski definition) is 2. The Morgan fingerprint density at radius 1 is 1.43 bits per heavy atom. The van der Waals surface area contributed by atoms with Crippen LogP contribution in [-0.4, -0.2) is 36.9 Å². The van der Waals surface area contributed by atoms with Crippen molar-refractivity contribution in [3.63, 3.8) is 0 Å². The lowest BCUT2D eigenvalue weighted by atomic mass is 10.2. The van der Waals surface area contributed by atoms with Crippen LogP contribution in [0.1, 0.15) is 26.7 Å². The van der Waals surface area contributed by atoms with Gasteiger partial charge in [0.15, 0.2) is 0 Å². The summed E-state index contributed by atoms with van der Waals surface area (Å²) in [6.07, 6.45) is 2.30. The predicted octanol–water partition coefficient (Wildman–Crippen LogP) is 1.67. The molecule has 0 radical (unpaired) electrons. The molecule has 0 aromatic heterocycles. The van der Waals surface area contributed by atoms with E-state index >= 15 is 0 Å². The van der Waals surface area contributed by atoms with Gasteiger partial charge in [0.1, 0.15) is 0 Å². The van der Waals surface area contributed by atoms with Crippen LogP contribution in [-0.2, 0) is 10.0 Å². The van der Waals surface area contributed by atoms with Crippen LogP contribution < -0.4 is 0 Å². The topological polar surface area (TPSA) is 37.4 Å². The molecule has 3 nitrogen and oxygen atoms in total. The van der Waals surface area contributed by atoms with Gasteiger partial charge in [-0.05, 0) is 32.6 Å². The highest BCUT2D eigenvalue weighted by atomic mass is 35.5. The van der Waals surface area contributed by atoms with E-state index in [1.54, 1.807) is 14.0 Å². The third kappa shape index (κ3) is 2.41. The summed E-state index contributed by atoms with van der Waals surface area (Å²) >= 11 is 5.57. The summed E-state index contributed by atoms with van der Waals surface area (Å²) in [5.41, 5.74) is 0. The number of rotatable bonds is 5. The molecule has 14 heavy (non-hydrogen) atoms. The van der Waals surface area contributed by atoms with Crippen molar-refractivity contribution in [3.05, 3.63) is 0 Å². The van der Waals surface area contributed by atoms with Crippen LogP contribution in [0.25, 0.3) is 0 Å². The van der Waals surface area contributed by atoms with Crippen LogP contribution >= 0.6 is 11.6 Å². The summed E-state index contributed by atoms with van der Waals surface area (Å²) < 4.78 is 25.2. The summed E-state index contributed by atoms with van der Waals surface area (Å²) in [5, 5.41) is -0.490. The highest BCUT2D eigenvalue weighted by Gasteiger charge is 2.37. The van der Waals surface area contributed by atoms with E-state index in [1.165, 1.54) is 4.31 Å². The minimum atomic E-state index is -3.19. The monoisotopic (exact) mass is 239 g/mol.